The number of carboxylic acids is 1. The van der Waals surface area contributed by atoms with E-state index in [0.717, 1.165) is 0 Å². The number of nitrogens with one attached hydrogen (secondary N) is 2. The van der Waals surface area contributed by atoms with E-state index in [1.54, 1.807) is 0 Å². The first-order chi connectivity index (χ1) is 8.47. The Morgan fingerprint density at radius 2 is 2.00 bits per heavy atom. The molecule has 0 aromatic rings. The van der Waals surface area contributed by atoms with Gasteiger partial charge in [-0.1, -0.05) is 0 Å². The van der Waals surface area contributed by atoms with Gasteiger partial charge < -0.3 is 20.5 Å². The molecule has 2 amide bonds. The summed E-state index contributed by atoms with van der Waals surface area (Å²) in [4.78, 5) is 32.9. The van der Waals surface area contributed by atoms with Crippen LogP contribution in [0.25, 0.3) is 0 Å². The summed E-state index contributed by atoms with van der Waals surface area (Å²) in [6, 6.07) is -0.912. The molecule has 1 atom stereocenters. The van der Waals surface area contributed by atoms with Crippen molar-refractivity contribution in [1.82, 2.24) is 10.6 Å². The normalized spacial score (nSPS) is 11.7. The number of carbonyl (C=O) groups is 3. The van der Waals surface area contributed by atoms with E-state index in [0.29, 0.717) is 19.4 Å². The molecule has 3 N–H and O–H groups in total. The summed E-state index contributed by atoms with van der Waals surface area (Å²) in [6.45, 7) is 2.00. The van der Waals surface area contributed by atoms with Gasteiger partial charge in [0.25, 0.3) is 0 Å². The van der Waals surface area contributed by atoms with Gasteiger partial charge in [-0.05, 0) is 12.8 Å². The molecule has 0 aliphatic heterocycles. The van der Waals surface area contributed by atoms with Gasteiger partial charge in [0.05, 0.1) is 0 Å². The van der Waals surface area contributed by atoms with Crippen LogP contribution in [0.2, 0.25) is 0 Å². The van der Waals surface area contributed by atoms with Crippen LogP contribution < -0.4 is 10.6 Å². The van der Waals surface area contributed by atoms with Crippen LogP contribution in [0, 0.1) is 0 Å². The average Bonchev–Trinajstić information content (AvgIpc) is 2.27. The van der Waals surface area contributed by atoms with Crippen LogP contribution >= 0.6 is 0 Å². The highest BCUT2D eigenvalue weighted by Gasteiger charge is 2.18. The lowest BCUT2D eigenvalue weighted by Crippen LogP contribution is -2.42. The van der Waals surface area contributed by atoms with Gasteiger partial charge in [-0.2, -0.15) is 0 Å². The number of amides is 2. The molecule has 0 fully saturated rings. The molecule has 0 saturated carbocycles. The molecule has 0 radical (unpaired) electrons. The molecule has 7 heteroatoms. The van der Waals surface area contributed by atoms with E-state index in [4.69, 9.17) is 9.84 Å². The SMILES string of the molecule is COCCCC(NC(=O)CCNC(C)=O)C(=O)O. The largest absolute Gasteiger partial charge is 0.480 e. The number of aliphatic carboxylic acids is 1. The predicted molar refractivity (Wildman–Crippen MR) is 64.0 cm³/mol. The van der Waals surface area contributed by atoms with E-state index in [1.165, 1.54) is 14.0 Å². The maximum absolute atomic E-state index is 11.4. The van der Waals surface area contributed by atoms with Gasteiger partial charge in [-0.3, -0.25) is 9.59 Å². The molecule has 0 aromatic carbocycles. The van der Waals surface area contributed by atoms with E-state index < -0.39 is 17.9 Å². The Bertz CT molecular complexity index is 293. The van der Waals surface area contributed by atoms with Crippen LogP contribution in [-0.2, 0) is 19.1 Å². The van der Waals surface area contributed by atoms with Gasteiger partial charge in [0.15, 0.2) is 0 Å². The minimum atomic E-state index is -1.07. The molecule has 0 bridgehead atoms. The van der Waals surface area contributed by atoms with Gasteiger partial charge in [-0.25, -0.2) is 4.79 Å². The fraction of sp³-hybridized carbons (Fsp3) is 0.727. The third kappa shape index (κ3) is 8.51. The Labute approximate surface area is 106 Å². The van der Waals surface area contributed by atoms with Crippen LogP contribution in [0.5, 0.6) is 0 Å². The maximum atomic E-state index is 11.4. The zero-order chi connectivity index (χ0) is 14.0. The molecular weight excluding hydrogens is 240 g/mol. The molecule has 0 heterocycles. The van der Waals surface area contributed by atoms with Gasteiger partial charge in [0, 0.05) is 33.6 Å². The highest BCUT2D eigenvalue weighted by molar-refractivity contribution is 5.83. The van der Waals surface area contributed by atoms with E-state index in [2.05, 4.69) is 10.6 Å². The number of hydrogen-bond donors (Lipinski definition) is 3. The molecule has 0 aliphatic carbocycles. The average molecular weight is 260 g/mol. The van der Waals surface area contributed by atoms with E-state index in [-0.39, 0.29) is 18.9 Å². The minimum absolute atomic E-state index is 0.0631. The second-order valence-electron chi connectivity index (χ2n) is 3.83. The summed E-state index contributed by atoms with van der Waals surface area (Å²) >= 11 is 0. The van der Waals surface area contributed by atoms with Gasteiger partial charge in [-0.15, -0.1) is 0 Å². The van der Waals surface area contributed by atoms with Crippen molar-refractivity contribution in [3.8, 4) is 0 Å². The van der Waals surface area contributed by atoms with Crippen molar-refractivity contribution < 1.29 is 24.2 Å². The smallest absolute Gasteiger partial charge is 0.326 e. The van der Waals surface area contributed by atoms with Gasteiger partial charge in [0.1, 0.15) is 6.04 Å². The van der Waals surface area contributed by atoms with Crippen molar-refractivity contribution in [2.75, 3.05) is 20.3 Å². The number of methoxy groups -OCH3 is 1. The van der Waals surface area contributed by atoms with Crippen LogP contribution in [0.15, 0.2) is 0 Å². The van der Waals surface area contributed by atoms with Crippen molar-refractivity contribution in [2.45, 2.75) is 32.2 Å². The molecule has 0 aliphatic rings. The van der Waals surface area contributed by atoms with E-state index in [1.807, 2.05) is 0 Å². The fourth-order valence-electron chi connectivity index (χ4n) is 1.31. The van der Waals surface area contributed by atoms with Crippen molar-refractivity contribution in [3.63, 3.8) is 0 Å². The maximum Gasteiger partial charge on any atom is 0.326 e. The minimum Gasteiger partial charge on any atom is -0.480 e. The second kappa shape index (κ2) is 9.41. The summed E-state index contributed by atoms with van der Waals surface area (Å²) in [7, 11) is 1.53. The Morgan fingerprint density at radius 3 is 2.50 bits per heavy atom. The summed E-state index contributed by atoms with van der Waals surface area (Å²) in [5.74, 6) is -1.69. The number of carbonyl (C=O) groups excluding carboxylic acids is 2. The standard InChI is InChI=1S/C11H20N2O5/c1-8(14)12-6-5-10(15)13-9(11(16)17)4-3-7-18-2/h9H,3-7H2,1-2H3,(H,12,14)(H,13,15)(H,16,17). The number of hydrogen-bond acceptors (Lipinski definition) is 4. The van der Waals surface area contributed by atoms with Crippen LogP contribution in [0.4, 0.5) is 0 Å². The molecular formula is C11H20N2O5. The van der Waals surface area contributed by atoms with E-state index in [9.17, 15) is 14.4 Å². The molecule has 0 saturated heterocycles. The molecule has 7 nitrogen and oxygen atoms in total. The third-order valence-electron chi connectivity index (χ3n) is 2.20. The summed E-state index contributed by atoms with van der Waals surface area (Å²) in [5.41, 5.74) is 0. The number of ether oxygens (including phenoxy) is 1. The van der Waals surface area contributed by atoms with Crippen molar-refractivity contribution >= 4 is 17.8 Å². The molecule has 0 spiro atoms. The van der Waals surface area contributed by atoms with Crippen molar-refractivity contribution in [1.29, 1.82) is 0 Å². The zero-order valence-corrected chi connectivity index (χ0v) is 10.7. The Balaban J connectivity index is 3.96. The third-order valence-corrected chi connectivity index (χ3v) is 2.20. The topological polar surface area (TPSA) is 105 Å². The highest BCUT2D eigenvalue weighted by atomic mass is 16.5. The molecule has 18 heavy (non-hydrogen) atoms. The first kappa shape index (κ1) is 16.4. The quantitative estimate of drug-likeness (QED) is 0.485. The fourth-order valence-corrected chi connectivity index (χ4v) is 1.31. The number of carboxylic acid groups (broad SMARTS) is 1. The highest BCUT2D eigenvalue weighted by Crippen LogP contribution is 1.98. The lowest BCUT2D eigenvalue weighted by Gasteiger charge is -2.14. The predicted octanol–water partition coefficient (Wildman–Crippen LogP) is -0.491. The Hall–Kier alpha value is -1.63. The Kier molecular flexibility index (Phi) is 8.55. The first-order valence-corrected chi connectivity index (χ1v) is 5.73. The van der Waals surface area contributed by atoms with Crippen molar-refractivity contribution in [3.05, 3.63) is 0 Å². The van der Waals surface area contributed by atoms with Crippen LogP contribution in [0.1, 0.15) is 26.2 Å². The van der Waals surface area contributed by atoms with Crippen LogP contribution in [-0.4, -0.2) is 49.2 Å². The summed E-state index contributed by atoms with van der Waals surface area (Å²) in [6.07, 6.45) is 0.933. The lowest BCUT2D eigenvalue weighted by molar-refractivity contribution is -0.142. The summed E-state index contributed by atoms with van der Waals surface area (Å²) < 4.78 is 4.82. The molecule has 0 rings (SSSR count). The zero-order valence-electron chi connectivity index (χ0n) is 10.7. The monoisotopic (exact) mass is 260 g/mol. The molecule has 104 valence electrons. The second-order valence-corrected chi connectivity index (χ2v) is 3.83. The van der Waals surface area contributed by atoms with Gasteiger partial charge >= 0.3 is 5.97 Å². The number of rotatable bonds is 9. The molecule has 0 aromatic heterocycles. The Morgan fingerprint density at radius 1 is 1.33 bits per heavy atom. The van der Waals surface area contributed by atoms with Gasteiger partial charge in [0.2, 0.25) is 11.8 Å². The van der Waals surface area contributed by atoms with E-state index >= 15 is 0 Å². The molecule has 1 unspecified atom stereocenters. The van der Waals surface area contributed by atoms with Crippen molar-refractivity contribution in [2.24, 2.45) is 0 Å². The first-order valence-electron chi connectivity index (χ1n) is 5.73. The lowest BCUT2D eigenvalue weighted by atomic mass is 10.1. The van der Waals surface area contributed by atoms with Crippen LogP contribution in [0.3, 0.4) is 0 Å². The summed E-state index contributed by atoms with van der Waals surface area (Å²) in [5, 5.41) is 13.8.